The molecule has 0 aliphatic carbocycles. The maximum Gasteiger partial charge on any atom is 0.374 e. The Kier molecular flexibility index (Phi) is 4.11. The van der Waals surface area contributed by atoms with Crippen LogP contribution in [0.4, 0.5) is 5.69 Å². The summed E-state index contributed by atoms with van der Waals surface area (Å²) in [6, 6.07) is 11.5. The predicted molar refractivity (Wildman–Crippen MR) is 94.9 cm³/mol. The van der Waals surface area contributed by atoms with Gasteiger partial charge in [-0.1, -0.05) is 12.1 Å². The number of carboxylic acid groups (broad SMARTS) is 1. The lowest BCUT2D eigenvalue weighted by atomic mass is 10.1. The number of pyridine rings is 1. The van der Waals surface area contributed by atoms with Crippen molar-refractivity contribution in [2.45, 2.75) is 6.54 Å². The van der Waals surface area contributed by atoms with Gasteiger partial charge in [-0.15, -0.1) is 0 Å². The molecule has 0 saturated carbocycles. The van der Waals surface area contributed by atoms with Crippen LogP contribution in [0.3, 0.4) is 0 Å². The van der Waals surface area contributed by atoms with Gasteiger partial charge in [0.15, 0.2) is 0 Å². The summed E-state index contributed by atoms with van der Waals surface area (Å²) in [6.07, 6.45) is 3.62. The van der Waals surface area contributed by atoms with Gasteiger partial charge in [0.25, 0.3) is 0 Å². The van der Waals surface area contributed by atoms with E-state index < -0.39 is 5.97 Å². The van der Waals surface area contributed by atoms with Gasteiger partial charge in [0.05, 0.1) is 5.69 Å². The molecule has 0 spiro atoms. The van der Waals surface area contributed by atoms with E-state index in [1.54, 1.807) is 0 Å². The maximum absolute atomic E-state index is 11.6. The van der Waals surface area contributed by atoms with Crippen molar-refractivity contribution in [3.8, 4) is 0 Å². The van der Waals surface area contributed by atoms with Gasteiger partial charge >= 0.3 is 5.97 Å². The molecule has 0 atom stereocenters. The summed E-state index contributed by atoms with van der Waals surface area (Å²) < 4.78 is 5.57. The number of carbonyl (C=O) groups is 1. The Morgan fingerprint density at radius 1 is 1.08 bits per heavy atom. The van der Waals surface area contributed by atoms with Gasteiger partial charge in [-0.3, -0.25) is 9.88 Å². The van der Waals surface area contributed by atoms with E-state index in [4.69, 9.17) is 4.42 Å². The fourth-order valence-corrected chi connectivity index (χ4v) is 3.37. The van der Waals surface area contributed by atoms with Crippen LogP contribution in [0.5, 0.6) is 0 Å². The number of aromatic nitrogens is 1. The van der Waals surface area contributed by atoms with Crippen molar-refractivity contribution < 1.29 is 14.3 Å². The highest BCUT2D eigenvalue weighted by atomic mass is 16.4. The van der Waals surface area contributed by atoms with Crippen molar-refractivity contribution in [1.82, 2.24) is 9.88 Å². The van der Waals surface area contributed by atoms with Crippen LogP contribution in [-0.2, 0) is 6.54 Å². The van der Waals surface area contributed by atoms with E-state index in [0.717, 1.165) is 38.1 Å². The first-order valence-electron chi connectivity index (χ1n) is 8.33. The molecule has 0 amide bonds. The average molecular weight is 337 g/mol. The van der Waals surface area contributed by atoms with E-state index in [9.17, 15) is 9.90 Å². The molecule has 1 aromatic carbocycles. The third-order valence-electron chi connectivity index (χ3n) is 4.61. The molecule has 3 heterocycles. The minimum absolute atomic E-state index is 0.0313. The van der Waals surface area contributed by atoms with Crippen molar-refractivity contribution in [1.29, 1.82) is 0 Å². The summed E-state index contributed by atoms with van der Waals surface area (Å²) >= 11 is 0. The molecule has 0 bridgehead atoms. The number of hydrogen-bond donors (Lipinski definition) is 1. The predicted octanol–water partition coefficient (Wildman–Crippen LogP) is 2.85. The number of aromatic carboxylic acids is 1. The second-order valence-electron chi connectivity index (χ2n) is 6.20. The first-order chi connectivity index (χ1) is 12.2. The molecule has 6 nitrogen and oxygen atoms in total. The smallest absolute Gasteiger partial charge is 0.374 e. The van der Waals surface area contributed by atoms with Crippen LogP contribution >= 0.6 is 0 Å². The number of nitrogens with zero attached hydrogens (tertiary/aromatic N) is 3. The van der Waals surface area contributed by atoms with Crippen LogP contribution in [0, 0.1) is 0 Å². The van der Waals surface area contributed by atoms with Crippen molar-refractivity contribution in [3.63, 3.8) is 0 Å². The van der Waals surface area contributed by atoms with E-state index in [1.807, 2.05) is 48.8 Å². The van der Waals surface area contributed by atoms with Crippen molar-refractivity contribution in [2.75, 3.05) is 31.1 Å². The average Bonchev–Trinajstić information content (AvgIpc) is 3.03. The molecule has 1 saturated heterocycles. The number of furan rings is 1. The number of carboxylic acids is 1. The summed E-state index contributed by atoms with van der Waals surface area (Å²) in [5.41, 5.74) is 2.56. The Bertz CT molecular complexity index is 883. The second kappa shape index (κ2) is 6.57. The largest absolute Gasteiger partial charge is 0.475 e. The quantitative estimate of drug-likeness (QED) is 0.789. The lowest BCUT2D eigenvalue weighted by Crippen LogP contribution is -2.46. The monoisotopic (exact) mass is 337 g/mol. The van der Waals surface area contributed by atoms with Gasteiger partial charge in [-0.2, -0.15) is 0 Å². The molecule has 4 rings (SSSR count). The molecule has 1 aliphatic rings. The molecule has 128 valence electrons. The highest BCUT2D eigenvalue weighted by molar-refractivity contribution is 6.03. The third-order valence-corrected chi connectivity index (χ3v) is 4.61. The first-order valence-corrected chi connectivity index (χ1v) is 8.33. The van der Waals surface area contributed by atoms with Gasteiger partial charge < -0.3 is 14.4 Å². The normalized spacial score (nSPS) is 15.6. The van der Waals surface area contributed by atoms with E-state index in [-0.39, 0.29) is 5.76 Å². The lowest BCUT2D eigenvalue weighted by molar-refractivity contribution is 0.0665. The number of anilines is 1. The van der Waals surface area contributed by atoms with Crippen molar-refractivity contribution in [3.05, 3.63) is 60.1 Å². The number of benzene rings is 1. The number of piperazine rings is 1. The van der Waals surface area contributed by atoms with E-state index >= 15 is 0 Å². The molecule has 1 N–H and O–H groups in total. The summed E-state index contributed by atoms with van der Waals surface area (Å²) in [4.78, 5) is 20.1. The Balaban J connectivity index is 1.54. The van der Waals surface area contributed by atoms with Crippen molar-refractivity contribution >= 4 is 22.6 Å². The molecule has 25 heavy (non-hydrogen) atoms. The Morgan fingerprint density at radius 3 is 2.52 bits per heavy atom. The lowest BCUT2D eigenvalue weighted by Gasteiger charge is -2.35. The fraction of sp³-hybridized carbons (Fsp3) is 0.263. The topological polar surface area (TPSA) is 69.8 Å². The van der Waals surface area contributed by atoms with E-state index in [1.165, 1.54) is 5.56 Å². The van der Waals surface area contributed by atoms with Crippen LogP contribution < -0.4 is 4.90 Å². The molecular formula is C19H19N3O3. The second-order valence-corrected chi connectivity index (χ2v) is 6.20. The van der Waals surface area contributed by atoms with Crippen LogP contribution in [0.1, 0.15) is 16.1 Å². The van der Waals surface area contributed by atoms with Crippen LogP contribution in [0.25, 0.3) is 11.0 Å². The SMILES string of the molecule is O=C(O)c1oc2ccccc2c1N1CCN(Cc2ccncc2)CC1. The van der Waals surface area contributed by atoms with E-state index in [0.29, 0.717) is 11.3 Å². The Morgan fingerprint density at radius 2 is 1.80 bits per heavy atom. The highest BCUT2D eigenvalue weighted by Gasteiger charge is 2.27. The number of hydrogen-bond acceptors (Lipinski definition) is 5. The molecule has 6 heteroatoms. The summed E-state index contributed by atoms with van der Waals surface area (Å²) in [5, 5.41) is 10.4. The number of para-hydroxylation sites is 1. The van der Waals surface area contributed by atoms with Crippen LogP contribution in [0.15, 0.2) is 53.2 Å². The molecule has 0 radical (unpaired) electrons. The minimum atomic E-state index is -1.02. The molecule has 1 aliphatic heterocycles. The first kappa shape index (κ1) is 15.7. The summed E-state index contributed by atoms with van der Waals surface area (Å²) in [7, 11) is 0. The molecule has 2 aromatic heterocycles. The zero-order valence-electron chi connectivity index (χ0n) is 13.8. The summed E-state index contributed by atoms with van der Waals surface area (Å²) in [5.74, 6) is -0.991. The molecule has 3 aromatic rings. The number of rotatable bonds is 4. The Labute approximate surface area is 145 Å². The Hall–Kier alpha value is -2.86. The fourth-order valence-electron chi connectivity index (χ4n) is 3.37. The molecule has 0 unspecified atom stereocenters. The van der Waals surface area contributed by atoms with Gasteiger partial charge in [-0.25, -0.2) is 4.79 Å². The zero-order chi connectivity index (χ0) is 17.2. The van der Waals surface area contributed by atoms with Crippen LogP contribution in [0.2, 0.25) is 0 Å². The van der Waals surface area contributed by atoms with Gasteiger partial charge in [-0.05, 0) is 29.8 Å². The maximum atomic E-state index is 11.6. The highest BCUT2D eigenvalue weighted by Crippen LogP contribution is 2.34. The van der Waals surface area contributed by atoms with Crippen LogP contribution in [-0.4, -0.2) is 47.1 Å². The zero-order valence-corrected chi connectivity index (χ0v) is 13.8. The molecule has 1 fully saturated rings. The molecular weight excluding hydrogens is 318 g/mol. The number of fused-ring (bicyclic) bond motifs is 1. The van der Waals surface area contributed by atoms with E-state index in [2.05, 4.69) is 14.8 Å². The van der Waals surface area contributed by atoms with Gasteiger partial charge in [0.1, 0.15) is 5.58 Å². The van der Waals surface area contributed by atoms with Crippen molar-refractivity contribution in [2.24, 2.45) is 0 Å². The standard InChI is InChI=1S/C19H19N3O3/c23-19(24)18-17(15-3-1-2-4-16(15)25-18)22-11-9-21(10-12-22)13-14-5-7-20-8-6-14/h1-8H,9-13H2,(H,23,24). The summed E-state index contributed by atoms with van der Waals surface area (Å²) in [6.45, 7) is 4.18. The van der Waals surface area contributed by atoms with Gasteiger partial charge in [0.2, 0.25) is 5.76 Å². The third kappa shape index (κ3) is 3.08. The van der Waals surface area contributed by atoms with Gasteiger partial charge in [0, 0.05) is 50.5 Å². The minimum Gasteiger partial charge on any atom is -0.475 e.